The van der Waals surface area contributed by atoms with Crippen molar-refractivity contribution in [1.29, 1.82) is 0 Å². The first-order chi connectivity index (χ1) is 23.3. The average Bonchev–Trinajstić information content (AvgIpc) is 3.08. The van der Waals surface area contributed by atoms with Crippen molar-refractivity contribution in [3.05, 3.63) is 60.8 Å². The van der Waals surface area contributed by atoms with Gasteiger partial charge in [0.25, 0.3) is 0 Å². The highest BCUT2D eigenvalue weighted by Crippen LogP contribution is 2.22. The second-order valence-electron chi connectivity index (χ2n) is 12.6. The van der Waals surface area contributed by atoms with Crippen LogP contribution in [0.1, 0.15) is 123 Å². The summed E-state index contributed by atoms with van der Waals surface area (Å²) in [6, 6.07) is -0.834. The lowest BCUT2D eigenvalue weighted by atomic mass is 9.99. The number of allylic oxidation sites excluding steroid dienone is 9. The largest absolute Gasteiger partial charge is 0.394 e. The zero-order valence-corrected chi connectivity index (χ0v) is 29.7. The summed E-state index contributed by atoms with van der Waals surface area (Å²) >= 11 is 0. The molecule has 0 aliphatic carbocycles. The van der Waals surface area contributed by atoms with Crippen LogP contribution in [0.4, 0.5) is 0 Å². The summed E-state index contributed by atoms with van der Waals surface area (Å²) in [6.07, 6.45) is 29.8. The smallest absolute Gasteiger partial charge is 0.220 e. The lowest BCUT2D eigenvalue weighted by Crippen LogP contribution is -2.60. The lowest BCUT2D eigenvalue weighted by Gasteiger charge is -2.40. The molecule has 1 saturated heterocycles. The molecule has 0 spiro atoms. The molecule has 0 bridgehead atoms. The molecule has 0 saturated carbocycles. The summed E-state index contributed by atoms with van der Waals surface area (Å²) in [6.45, 7) is 3.58. The molecule has 1 rings (SSSR count). The predicted octanol–water partition coefficient (Wildman–Crippen LogP) is 6.10. The number of nitrogens with one attached hydrogen (secondary N) is 1. The number of aliphatic hydroxyl groups is 5. The highest BCUT2D eigenvalue weighted by Gasteiger charge is 2.44. The number of hydrogen-bond acceptors (Lipinski definition) is 8. The molecule has 1 fully saturated rings. The van der Waals surface area contributed by atoms with E-state index in [-0.39, 0.29) is 12.5 Å². The minimum atomic E-state index is -1.58. The molecule has 1 aliphatic heterocycles. The highest BCUT2D eigenvalue weighted by molar-refractivity contribution is 5.76. The molecule has 48 heavy (non-hydrogen) atoms. The van der Waals surface area contributed by atoms with E-state index < -0.39 is 49.5 Å². The zero-order chi connectivity index (χ0) is 35.2. The summed E-state index contributed by atoms with van der Waals surface area (Å²) in [5.74, 6) is -0.212. The van der Waals surface area contributed by atoms with Gasteiger partial charge in [0.2, 0.25) is 5.91 Å². The van der Waals surface area contributed by atoms with Crippen LogP contribution < -0.4 is 5.32 Å². The van der Waals surface area contributed by atoms with E-state index in [9.17, 15) is 30.3 Å². The Kier molecular flexibility index (Phi) is 27.2. The summed E-state index contributed by atoms with van der Waals surface area (Å²) in [4.78, 5) is 12.8. The van der Waals surface area contributed by atoms with Crippen molar-refractivity contribution in [3.63, 3.8) is 0 Å². The number of hydrogen-bond donors (Lipinski definition) is 6. The highest BCUT2D eigenvalue weighted by atomic mass is 16.7. The van der Waals surface area contributed by atoms with Crippen molar-refractivity contribution >= 4 is 5.91 Å². The number of carbonyl (C=O) groups is 1. The van der Waals surface area contributed by atoms with E-state index in [0.717, 1.165) is 83.5 Å². The number of ether oxygens (including phenoxy) is 2. The Hall–Kier alpha value is -2.11. The molecule has 1 aliphatic rings. The van der Waals surface area contributed by atoms with Crippen molar-refractivity contribution in [3.8, 4) is 0 Å². The Morgan fingerprint density at radius 1 is 0.708 bits per heavy atom. The third kappa shape index (κ3) is 21.1. The molecular weight excluding hydrogens is 610 g/mol. The molecule has 1 amide bonds. The van der Waals surface area contributed by atoms with Crippen molar-refractivity contribution in [2.75, 3.05) is 13.2 Å². The van der Waals surface area contributed by atoms with Gasteiger partial charge in [0.15, 0.2) is 6.29 Å². The molecular formula is C39H67NO8. The first-order valence-corrected chi connectivity index (χ1v) is 18.5. The number of rotatable bonds is 28. The number of amides is 1. The van der Waals surface area contributed by atoms with E-state index in [0.29, 0.717) is 6.42 Å². The number of carbonyl (C=O) groups excluding carboxylic acids is 1. The predicted molar refractivity (Wildman–Crippen MR) is 193 cm³/mol. The second kappa shape index (κ2) is 29.8. The fraction of sp³-hybridized carbons (Fsp3) is 0.718. The van der Waals surface area contributed by atoms with Crippen molar-refractivity contribution in [1.82, 2.24) is 5.32 Å². The SMILES string of the molecule is CCC/C=C\C/C=C\CCCCCCCC(=O)NC(COC1OC(CO)C(O)C(O)C1O)C(O)/C=C/CC/C=C/CC/C=C/CCCC. The Bertz CT molecular complexity index is 931. The Morgan fingerprint density at radius 3 is 1.96 bits per heavy atom. The molecule has 0 aromatic heterocycles. The summed E-state index contributed by atoms with van der Waals surface area (Å²) in [5, 5.41) is 53.8. The van der Waals surface area contributed by atoms with Crippen LogP contribution >= 0.6 is 0 Å². The van der Waals surface area contributed by atoms with Crippen molar-refractivity contribution in [2.24, 2.45) is 0 Å². The maximum Gasteiger partial charge on any atom is 0.220 e. The first-order valence-electron chi connectivity index (χ1n) is 18.5. The van der Waals surface area contributed by atoms with E-state index in [4.69, 9.17) is 9.47 Å². The summed E-state index contributed by atoms with van der Waals surface area (Å²) < 4.78 is 11.1. The van der Waals surface area contributed by atoms with Gasteiger partial charge in [-0.2, -0.15) is 0 Å². The molecule has 7 unspecified atom stereocenters. The minimum absolute atomic E-state index is 0.212. The van der Waals surface area contributed by atoms with E-state index in [1.165, 1.54) is 19.3 Å². The summed E-state index contributed by atoms with van der Waals surface area (Å²) in [5.41, 5.74) is 0. The Morgan fingerprint density at radius 2 is 1.29 bits per heavy atom. The summed E-state index contributed by atoms with van der Waals surface area (Å²) in [7, 11) is 0. The van der Waals surface area contributed by atoms with Crippen LogP contribution in [0.2, 0.25) is 0 Å². The molecule has 276 valence electrons. The quantitative estimate of drug-likeness (QED) is 0.0430. The van der Waals surface area contributed by atoms with Gasteiger partial charge in [-0.05, 0) is 64.2 Å². The Balaban J connectivity index is 2.53. The van der Waals surface area contributed by atoms with Gasteiger partial charge < -0.3 is 40.3 Å². The Labute approximate surface area is 290 Å². The van der Waals surface area contributed by atoms with E-state index in [2.05, 4.69) is 67.8 Å². The third-order valence-corrected chi connectivity index (χ3v) is 8.27. The topological polar surface area (TPSA) is 149 Å². The normalized spacial score (nSPS) is 23.4. The van der Waals surface area contributed by atoms with Crippen LogP contribution in [0.3, 0.4) is 0 Å². The molecule has 0 radical (unpaired) electrons. The zero-order valence-electron chi connectivity index (χ0n) is 29.7. The molecule has 1 heterocycles. The molecule has 6 N–H and O–H groups in total. The molecule has 9 nitrogen and oxygen atoms in total. The number of aliphatic hydroxyl groups excluding tert-OH is 5. The molecule has 0 aromatic rings. The minimum Gasteiger partial charge on any atom is -0.394 e. The molecule has 0 aromatic carbocycles. The van der Waals surface area contributed by atoms with Gasteiger partial charge in [0.05, 0.1) is 25.4 Å². The number of unbranched alkanes of at least 4 members (excludes halogenated alkanes) is 10. The molecule has 9 heteroatoms. The first kappa shape index (κ1) is 43.9. The van der Waals surface area contributed by atoms with Gasteiger partial charge in [-0.3, -0.25) is 4.79 Å². The lowest BCUT2D eigenvalue weighted by molar-refractivity contribution is -0.302. The van der Waals surface area contributed by atoms with Crippen LogP contribution in [0.15, 0.2) is 60.8 Å². The van der Waals surface area contributed by atoms with Crippen LogP contribution in [0.25, 0.3) is 0 Å². The fourth-order valence-corrected chi connectivity index (χ4v) is 5.21. The van der Waals surface area contributed by atoms with Crippen molar-refractivity contribution in [2.45, 2.75) is 166 Å². The maximum atomic E-state index is 12.8. The standard InChI is InChI=1S/C39H67NO8/c1-3-5-7-9-11-13-15-17-19-21-23-25-27-29-35(43)40-32(31-47-39-38(46)37(45)36(44)34(30-41)48-39)33(42)28-26-24-22-20-18-16-14-12-10-8-6-4-2/h7,9-10,12-13,15,18,20,26,28,32-34,36-39,41-42,44-46H,3-6,8,11,14,16-17,19,21-25,27,29-31H2,1-2H3,(H,40,43)/b9-7-,12-10+,15-13-,20-18+,28-26+. The van der Waals surface area contributed by atoms with Crippen LogP contribution in [0, 0.1) is 0 Å². The van der Waals surface area contributed by atoms with Gasteiger partial charge in [-0.25, -0.2) is 0 Å². The van der Waals surface area contributed by atoms with E-state index in [1.807, 2.05) is 6.08 Å². The van der Waals surface area contributed by atoms with E-state index >= 15 is 0 Å². The van der Waals surface area contributed by atoms with Gasteiger partial charge >= 0.3 is 0 Å². The van der Waals surface area contributed by atoms with Gasteiger partial charge in [-0.15, -0.1) is 0 Å². The van der Waals surface area contributed by atoms with Crippen LogP contribution in [-0.2, 0) is 14.3 Å². The van der Waals surface area contributed by atoms with Gasteiger partial charge in [0, 0.05) is 6.42 Å². The van der Waals surface area contributed by atoms with Crippen LogP contribution in [-0.4, -0.2) is 87.5 Å². The maximum absolute atomic E-state index is 12.8. The average molecular weight is 678 g/mol. The van der Waals surface area contributed by atoms with E-state index in [1.54, 1.807) is 6.08 Å². The molecule has 7 atom stereocenters. The van der Waals surface area contributed by atoms with Gasteiger partial charge in [0.1, 0.15) is 24.4 Å². The van der Waals surface area contributed by atoms with Crippen molar-refractivity contribution < 1.29 is 39.8 Å². The third-order valence-electron chi connectivity index (χ3n) is 8.27. The monoisotopic (exact) mass is 677 g/mol. The van der Waals surface area contributed by atoms with Gasteiger partial charge in [-0.1, -0.05) is 113 Å². The second-order valence-corrected chi connectivity index (χ2v) is 12.6. The van der Waals surface area contributed by atoms with Crippen LogP contribution in [0.5, 0.6) is 0 Å². The fourth-order valence-electron chi connectivity index (χ4n) is 5.21.